The van der Waals surface area contributed by atoms with Gasteiger partial charge >= 0.3 is 0 Å². The third kappa shape index (κ3) is 1.95. The fraction of sp³-hybridized carbons (Fsp3) is 0.500. The molecule has 1 heterocycles. The van der Waals surface area contributed by atoms with Crippen molar-refractivity contribution in [3.05, 3.63) is 34.4 Å². The molecule has 1 fully saturated rings. The topological polar surface area (TPSA) is 21.3 Å². The SMILES string of the molecule is Cc1cc(C)c(F)c(C2CNCCO2)c1F. The van der Waals surface area contributed by atoms with Gasteiger partial charge in [-0.25, -0.2) is 8.78 Å². The number of aryl methyl sites for hydroxylation is 2. The first-order valence-electron chi connectivity index (χ1n) is 5.38. The van der Waals surface area contributed by atoms with Crippen molar-refractivity contribution < 1.29 is 13.5 Å². The molecule has 2 rings (SSSR count). The average molecular weight is 227 g/mol. The van der Waals surface area contributed by atoms with Gasteiger partial charge in [-0.15, -0.1) is 0 Å². The molecule has 1 aromatic carbocycles. The van der Waals surface area contributed by atoms with Gasteiger partial charge in [0.05, 0.1) is 12.2 Å². The predicted molar refractivity (Wildman–Crippen MR) is 57.4 cm³/mol. The highest BCUT2D eigenvalue weighted by Gasteiger charge is 2.25. The van der Waals surface area contributed by atoms with Crippen molar-refractivity contribution in [3.8, 4) is 0 Å². The molecular formula is C12H15F2NO. The first-order chi connectivity index (χ1) is 7.61. The highest BCUT2D eigenvalue weighted by atomic mass is 19.1. The van der Waals surface area contributed by atoms with Crippen LogP contribution in [-0.4, -0.2) is 19.7 Å². The summed E-state index contributed by atoms with van der Waals surface area (Å²) in [4.78, 5) is 0. The minimum Gasteiger partial charge on any atom is -0.371 e. The number of hydrogen-bond acceptors (Lipinski definition) is 2. The minimum absolute atomic E-state index is 0.0599. The van der Waals surface area contributed by atoms with Gasteiger partial charge in [0, 0.05) is 13.1 Å². The summed E-state index contributed by atoms with van der Waals surface area (Å²) in [5.74, 6) is -0.978. The predicted octanol–water partition coefficient (Wildman–Crippen LogP) is 2.24. The molecule has 1 atom stereocenters. The van der Waals surface area contributed by atoms with E-state index in [1.54, 1.807) is 13.8 Å². The molecule has 1 aliphatic heterocycles. The Morgan fingerprint density at radius 3 is 2.38 bits per heavy atom. The van der Waals surface area contributed by atoms with Gasteiger partial charge in [0.2, 0.25) is 0 Å². The van der Waals surface area contributed by atoms with Crippen molar-refractivity contribution in [2.45, 2.75) is 20.0 Å². The van der Waals surface area contributed by atoms with Crippen molar-refractivity contribution in [1.29, 1.82) is 0 Å². The summed E-state index contributed by atoms with van der Waals surface area (Å²) in [6, 6.07) is 1.52. The Hall–Kier alpha value is -1.00. The summed E-state index contributed by atoms with van der Waals surface area (Å²) in [7, 11) is 0. The third-order valence-corrected chi connectivity index (χ3v) is 2.85. The zero-order chi connectivity index (χ0) is 11.7. The van der Waals surface area contributed by atoms with Crippen molar-refractivity contribution in [2.75, 3.05) is 19.7 Å². The monoisotopic (exact) mass is 227 g/mol. The van der Waals surface area contributed by atoms with Crippen LogP contribution in [0.4, 0.5) is 8.78 Å². The Balaban J connectivity index is 2.45. The van der Waals surface area contributed by atoms with Gasteiger partial charge in [-0.3, -0.25) is 0 Å². The van der Waals surface area contributed by atoms with E-state index in [2.05, 4.69) is 5.32 Å². The Kier molecular flexibility index (Phi) is 3.21. The molecule has 1 aromatic rings. The second kappa shape index (κ2) is 4.47. The molecule has 1 aliphatic rings. The summed E-state index contributed by atoms with van der Waals surface area (Å²) >= 11 is 0. The number of halogens is 2. The number of nitrogens with one attached hydrogen (secondary N) is 1. The van der Waals surface area contributed by atoms with Gasteiger partial charge in [-0.2, -0.15) is 0 Å². The van der Waals surface area contributed by atoms with Crippen LogP contribution >= 0.6 is 0 Å². The van der Waals surface area contributed by atoms with E-state index >= 15 is 0 Å². The Labute approximate surface area is 93.6 Å². The highest BCUT2D eigenvalue weighted by Crippen LogP contribution is 2.28. The van der Waals surface area contributed by atoms with Gasteiger partial charge in [0.25, 0.3) is 0 Å². The van der Waals surface area contributed by atoms with Crippen LogP contribution in [0.1, 0.15) is 22.8 Å². The zero-order valence-corrected chi connectivity index (χ0v) is 9.44. The van der Waals surface area contributed by atoms with E-state index in [1.807, 2.05) is 0 Å². The molecule has 88 valence electrons. The Morgan fingerprint density at radius 1 is 1.25 bits per heavy atom. The standard InChI is InChI=1S/C12H15F2NO/c1-7-5-8(2)12(14)10(11(7)13)9-6-15-3-4-16-9/h5,9,15H,3-4,6H2,1-2H3. The molecule has 0 spiro atoms. The first-order valence-corrected chi connectivity index (χ1v) is 5.38. The fourth-order valence-electron chi connectivity index (χ4n) is 2.01. The molecule has 1 N–H and O–H groups in total. The molecule has 0 saturated carbocycles. The summed E-state index contributed by atoms with van der Waals surface area (Å²) in [5, 5.41) is 3.07. The van der Waals surface area contributed by atoms with Crippen molar-refractivity contribution in [2.24, 2.45) is 0 Å². The molecule has 0 amide bonds. The number of ether oxygens (including phenoxy) is 1. The maximum atomic E-state index is 13.9. The zero-order valence-electron chi connectivity index (χ0n) is 9.44. The lowest BCUT2D eigenvalue weighted by molar-refractivity contribution is 0.0230. The summed E-state index contributed by atoms with van der Waals surface area (Å²) in [5.41, 5.74) is 0.982. The van der Waals surface area contributed by atoms with Crippen LogP contribution in [0.2, 0.25) is 0 Å². The van der Waals surface area contributed by atoms with E-state index in [4.69, 9.17) is 4.74 Å². The van der Waals surface area contributed by atoms with Crippen LogP contribution in [0.15, 0.2) is 6.07 Å². The molecule has 0 aliphatic carbocycles. The number of benzene rings is 1. The molecule has 0 bridgehead atoms. The van der Waals surface area contributed by atoms with Crippen LogP contribution in [0.3, 0.4) is 0 Å². The molecular weight excluding hydrogens is 212 g/mol. The van der Waals surface area contributed by atoms with E-state index in [0.717, 1.165) is 6.54 Å². The number of morpholine rings is 1. The molecule has 2 nitrogen and oxygen atoms in total. The van der Waals surface area contributed by atoms with Crippen LogP contribution < -0.4 is 5.32 Å². The second-order valence-corrected chi connectivity index (χ2v) is 4.12. The summed E-state index contributed by atoms with van der Waals surface area (Å²) < 4.78 is 33.2. The van der Waals surface area contributed by atoms with E-state index < -0.39 is 17.7 Å². The van der Waals surface area contributed by atoms with E-state index in [9.17, 15) is 8.78 Å². The van der Waals surface area contributed by atoms with Gasteiger partial charge in [0.1, 0.15) is 17.7 Å². The van der Waals surface area contributed by atoms with Crippen molar-refractivity contribution in [1.82, 2.24) is 5.32 Å². The summed E-state index contributed by atoms with van der Waals surface area (Å²) in [6.07, 6.45) is -0.521. The molecule has 1 saturated heterocycles. The van der Waals surface area contributed by atoms with Gasteiger partial charge in [0.15, 0.2) is 0 Å². The van der Waals surface area contributed by atoms with Gasteiger partial charge < -0.3 is 10.1 Å². The van der Waals surface area contributed by atoms with Gasteiger partial charge in [-0.05, 0) is 25.0 Å². The Bertz CT molecular complexity index is 374. The minimum atomic E-state index is -0.521. The molecule has 16 heavy (non-hydrogen) atoms. The van der Waals surface area contributed by atoms with E-state index in [0.29, 0.717) is 24.3 Å². The van der Waals surface area contributed by atoms with Crippen LogP contribution in [-0.2, 0) is 4.74 Å². The average Bonchev–Trinajstić information content (AvgIpc) is 2.28. The smallest absolute Gasteiger partial charge is 0.134 e. The van der Waals surface area contributed by atoms with E-state index in [-0.39, 0.29) is 5.56 Å². The maximum Gasteiger partial charge on any atom is 0.134 e. The van der Waals surface area contributed by atoms with Crippen LogP contribution in [0.25, 0.3) is 0 Å². The summed E-state index contributed by atoms with van der Waals surface area (Å²) in [6.45, 7) is 4.95. The second-order valence-electron chi connectivity index (χ2n) is 4.12. The van der Waals surface area contributed by atoms with E-state index in [1.165, 1.54) is 6.07 Å². The first kappa shape index (κ1) is 11.5. The van der Waals surface area contributed by atoms with Gasteiger partial charge in [-0.1, -0.05) is 6.07 Å². The quantitative estimate of drug-likeness (QED) is 0.794. The third-order valence-electron chi connectivity index (χ3n) is 2.85. The lowest BCUT2D eigenvalue weighted by Gasteiger charge is -2.25. The Morgan fingerprint density at radius 2 is 1.88 bits per heavy atom. The number of hydrogen-bond donors (Lipinski definition) is 1. The normalized spacial score (nSPS) is 21.1. The molecule has 4 heteroatoms. The molecule has 0 radical (unpaired) electrons. The van der Waals surface area contributed by atoms with Crippen molar-refractivity contribution in [3.63, 3.8) is 0 Å². The lowest BCUT2D eigenvalue weighted by Crippen LogP contribution is -2.34. The number of rotatable bonds is 1. The molecule has 1 unspecified atom stereocenters. The fourth-order valence-corrected chi connectivity index (χ4v) is 2.01. The van der Waals surface area contributed by atoms with Crippen LogP contribution in [0, 0.1) is 25.5 Å². The van der Waals surface area contributed by atoms with Crippen molar-refractivity contribution >= 4 is 0 Å². The lowest BCUT2D eigenvalue weighted by atomic mass is 10.0. The maximum absolute atomic E-state index is 13.9. The molecule has 0 aromatic heterocycles. The largest absolute Gasteiger partial charge is 0.371 e. The highest BCUT2D eigenvalue weighted by molar-refractivity contribution is 5.34. The van der Waals surface area contributed by atoms with Crippen LogP contribution in [0.5, 0.6) is 0 Å².